The third-order valence-corrected chi connectivity index (χ3v) is 3.57. The first-order valence-electron chi connectivity index (χ1n) is 7.15. The van der Waals surface area contributed by atoms with E-state index >= 15 is 0 Å². The molecule has 0 saturated carbocycles. The Balaban J connectivity index is 2.48. The first-order valence-corrected chi connectivity index (χ1v) is 7.15. The van der Waals surface area contributed by atoms with Crippen molar-refractivity contribution in [2.45, 2.75) is 46.5 Å². The number of ketones is 1. The molecule has 1 heterocycles. The summed E-state index contributed by atoms with van der Waals surface area (Å²) in [6.07, 6.45) is 0. The highest BCUT2D eigenvalue weighted by molar-refractivity contribution is 6.08. The van der Waals surface area contributed by atoms with Gasteiger partial charge in [0.25, 0.3) is 0 Å². The van der Waals surface area contributed by atoms with E-state index in [1.807, 2.05) is 25.1 Å². The van der Waals surface area contributed by atoms with Crippen LogP contribution < -0.4 is 0 Å². The van der Waals surface area contributed by atoms with E-state index < -0.39 is 0 Å². The van der Waals surface area contributed by atoms with Crippen LogP contribution in [0.25, 0.3) is 0 Å². The standard InChI is InChI=1S/C18H22O2/c1-11(2)14-7-8-15(16(10-14)12(3)4)18(19)17-9-6-13(5)20-17/h6-12H,1-5H3. The maximum atomic E-state index is 12.6. The number of furan rings is 1. The second-order valence-electron chi connectivity index (χ2n) is 5.90. The Morgan fingerprint density at radius 1 is 1.00 bits per heavy atom. The van der Waals surface area contributed by atoms with Gasteiger partial charge in [-0.25, -0.2) is 0 Å². The van der Waals surface area contributed by atoms with Gasteiger partial charge in [0.15, 0.2) is 5.76 Å². The third kappa shape index (κ3) is 2.84. The SMILES string of the molecule is Cc1ccc(C(=O)c2ccc(C(C)C)cc2C(C)C)o1. The van der Waals surface area contributed by atoms with Crippen molar-refractivity contribution in [3.05, 3.63) is 58.5 Å². The fourth-order valence-electron chi connectivity index (χ4n) is 2.31. The lowest BCUT2D eigenvalue weighted by atomic mass is 9.89. The van der Waals surface area contributed by atoms with Crippen LogP contribution in [0.4, 0.5) is 0 Å². The summed E-state index contributed by atoms with van der Waals surface area (Å²) in [7, 11) is 0. The summed E-state index contributed by atoms with van der Waals surface area (Å²) in [5.74, 6) is 1.92. The highest BCUT2D eigenvalue weighted by Gasteiger charge is 2.19. The van der Waals surface area contributed by atoms with Gasteiger partial charge >= 0.3 is 0 Å². The molecular formula is C18H22O2. The van der Waals surface area contributed by atoms with Gasteiger partial charge in [0.05, 0.1) is 0 Å². The lowest BCUT2D eigenvalue weighted by Gasteiger charge is -2.15. The molecule has 0 radical (unpaired) electrons. The number of carbonyl (C=O) groups excluding carboxylic acids is 1. The van der Waals surface area contributed by atoms with Crippen LogP contribution in [0.5, 0.6) is 0 Å². The Morgan fingerprint density at radius 2 is 1.70 bits per heavy atom. The molecule has 2 rings (SSSR count). The Labute approximate surface area is 120 Å². The van der Waals surface area contributed by atoms with E-state index in [1.54, 1.807) is 6.07 Å². The highest BCUT2D eigenvalue weighted by Crippen LogP contribution is 2.27. The molecule has 0 spiro atoms. The van der Waals surface area contributed by atoms with Gasteiger partial charge in [-0.3, -0.25) is 4.79 Å². The Kier molecular flexibility index (Phi) is 4.12. The molecule has 2 nitrogen and oxygen atoms in total. The molecule has 1 aromatic carbocycles. The van der Waals surface area contributed by atoms with Gasteiger partial charge < -0.3 is 4.42 Å². The third-order valence-electron chi connectivity index (χ3n) is 3.57. The summed E-state index contributed by atoms with van der Waals surface area (Å²) in [5, 5.41) is 0. The summed E-state index contributed by atoms with van der Waals surface area (Å²) >= 11 is 0. The van der Waals surface area contributed by atoms with E-state index in [-0.39, 0.29) is 5.78 Å². The molecule has 0 bridgehead atoms. The molecule has 0 fully saturated rings. The number of hydrogen-bond acceptors (Lipinski definition) is 2. The van der Waals surface area contributed by atoms with Gasteiger partial charge in [-0.1, -0.05) is 45.9 Å². The summed E-state index contributed by atoms with van der Waals surface area (Å²) in [4.78, 5) is 12.6. The Morgan fingerprint density at radius 3 is 2.20 bits per heavy atom. The van der Waals surface area contributed by atoms with Gasteiger partial charge in [-0.05, 0) is 42.0 Å². The van der Waals surface area contributed by atoms with Crippen molar-refractivity contribution >= 4 is 5.78 Å². The zero-order valence-corrected chi connectivity index (χ0v) is 12.9. The van der Waals surface area contributed by atoms with Crippen LogP contribution in [0.15, 0.2) is 34.7 Å². The molecule has 0 amide bonds. The highest BCUT2D eigenvalue weighted by atomic mass is 16.3. The van der Waals surface area contributed by atoms with Crippen molar-refractivity contribution in [3.8, 4) is 0 Å². The topological polar surface area (TPSA) is 30.2 Å². The number of carbonyl (C=O) groups is 1. The molecule has 0 N–H and O–H groups in total. The predicted molar refractivity (Wildman–Crippen MR) is 81.5 cm³/mol. The van der Waals surface area contributed by atoms with E-state index in [1.165, 1.54) is 5.56 Å². The number of benzene rings is 1. The van der Waals surface area contributed by atoms with Crippen molar-refractivity contribution in [2.24, 2.45) is 0 Å². The average molecular weight is 270 g/mol. The summed E-state index contributed by atoms with van der Waals surface area (Å²) in [6.45, 7) is 10.4. The van der Waals surface area contributed by atoms with Crippen LogP contribution in [0.3, 0.4) is 0 Å². The van der Waals surface area contributed by atoms with Crippen LogP contribution in [0.1, 0.15) is 72.5 Å². The molecular weight excluding hydrogens is 248 g/mol. The minimum absolute atomic E-state index is 0.0305. The number of aryl methyl sites for hydroxylation is 1. The minimum Gasteiger partial charge on any atom is -0.458 e. The fraction of sp³-hybridized carbons (Fsp3) is 0.389. The van der Waals surface area contributed by atoms with Crippen molar-refractivity contribution in [1.82, 2.24) is 0 Å². The van der Waals surface area contributed by atoms with Crippen LogP contribution in [-0.2, 0) is 0 Å². The maximum Gasteiger partial charge on any atom is 0.228 e. The van der Waals surface area contributed by atoms with Crippen LogP contribution >= 0.6 is 0 Å². The fourth-order valence-corrected chi connectivity index (χ4v) is 2.31. The summed E-state index contributed by atoms with van der Waals surface area (Å²) in [5.41, 5.74) is 3.11. The zero-order valence-electron chi connectivity index (χ0n) is 12.9. The molecule has 0 aliphatic heterocycles. The van der Waals surface area contributed by atoms with E-state index in [9.17, 15) is 4.79 Å². The molecule has 0 aliphatic rings. The molecule has 1 aromatic heterocycles. The largest absolute Gasteiger partial charge is 0.458 e. The second-order valence-corrected chi connectivity index (χ2v) is 5.90. The normalized spacial score (nSPS) is 11.3. The van der Waals surface area contributed by atoms with E-state index in [0.717, 1.165) is 16.9 Å². The van der Waals surface area contributed by atoms with Gasteiger partial charge in [0.2, 0.25) is 5.78 Å². The van der Waals surface area contributed by atoms with Gasteiger partial charge in [-0.2, -0.15) is 0 Å². The smallest absolute Gasteiger partial charge is 0.228 e. The van der Waals surface area contributed by atoms with Crippen molar-refractivity contribution in [2.75, 3.05) is 0 Å². The molecule has 106 valence electrons. The summed E-state index contributed by atoms with van der Waals surface area (Å²) < 4.78 is 5.46. The van der Waals surface area contributed by atoms with Crippen molar-refractivity contribution in [3.63, 3.8) is 0 Å². The Hall–Kier alpha value is -1.83. The van der Waals surface area contributed by atoms with Crippen LogP contribution in [0.2, 0.25) is 0 Å². The molecule has 2 aromatic rings. The van der Waals surface area contributed by atoms with Crippen LogP contribution in [-0.4, -0.2) is 5.78 Å². The monoisotopic (exact) mass is 270 g/mol. The van der Waals surface area contributed by atoms with Gasteiger partial charge in [-0.15, -0.1) is 0 Å². The minimum atomic E-state index is -0.0305. The molecule has 20 heavy (non-hydrogen) atoms. The van der Waals surface area contributed by atoms with Gasteiger partial charge in [0, 0.05) is 5.56 Å². The predicted octanol–water partition coefficient (Wildman–Crippen LogP) is 5.07. The van der Waals surface area contributed by atoms with E-state index in [0.29, 0.717) is 17.6 Å². The van der Waals surface area contributed by atoms with E-state index in [4.69, 9.17) is 4.42 Å². The molecule has 0 unspecified atom stereocenters. The maximum absolute atomic E-state index is 12.6. The average Bonchev–Trinajstić information content (AvgIpc) is 2.83. The lowest BCUT2D eigenvalue weighted by Crippen LogP contribution is -2.07. The van der Waals surface area contributed by atoms with E-state index in [2.05, 4.69) is 33.8 Å². The van der Waals surface area contributed by atoms with Crippen molar-refractivity contribution in [1.29, 1.82) is 0 Å². The number of rotatable bonds is 4. The van der Waals surface area contributed by atoms with Crippen LogP contribution in [0, 0.1) is 6.92 Å². The van der Waals surface area contributed by atoms with Gasteiger partial charge in [0.1, 0.15) is 5.76 Å². The molecule has 0 aliphatic carbocycles. The molecule has 0 saturated heterocycles. The Bertz CT molecular complexity index is 618. The second kappa shape index (κ2) is 5.66. The number of hydrogen-bond donors (Lipinski definition) is 0. The lowest BCUT2D eigenvalue weighted by molar-refractivity contribution is 0.101. The first-order chi connectivity index (χ1) is 9.40. The molecule has 2 heteroatoms. The summed E-state index contributed by atoms with van der Waals surface area (Å²) in [6, 6.07) is 9.70. The quantitative estimate of drug-likeness (QED) is 0.726. The first kappa shape index (κ1) is 14.6. The molecule has 0 atom stereocenters. The van der Waals surface area contributed by atoms with Crippen molar-refractivity contribution < 1.29 is 9.21 Å². The zero-order chi connectivity index (χ0) is 14.9.